The van der Waals surface area contributed by atoms with Gasteiger partial charge in [0.15, 0.2) is 0 Å². The standard InChI is InChI=1S/C17H25N3O2/c1-2-15(21)19-17(16(18)22)9-12-20(13-10-17)11-8-14-6-4-3-5-7-14/h3-7H,2,8-13H2,1H3,(H2,18,22)(H,19,21). The molecule has 2 amide bonds. The zero-order chi connectivity index (χ0) is 16.0. The lowest BCUT2D eigenvalue weighted by molar-refractivity contribution is -0.133. The van der Waals surface area contributed by atoms with Crippen LogP contribution in [0.15, 0.2) is 30.3 Å². The van der Waals surface area contributed by atoms with E-state index in [1.165, 1.54) is 5.56 Å². The smallest absolute Gasteiger partial charge is 0.243 e. The van der Waals surface area contributed by atoms with Crippen molar-refractivity contribution in [3.05, 3.63) is 35.9 Å². The van der Waals surface area contributed by atoms with Gasteiger partial charge in [-0.3, -0.25) is 9.59 Å². The quantitative estimate of drug-likeness (QED) is 0.825. The molecule has 0 radical (unpaired) electrons. The molecule has 22 heavy (non-hydrogen) atoms. The Hall–Kier alpha value is -1.88. The van der Waals surface area contributed by atoms with Gasteiger partial charge in [-0.25, -0.2) is 0 Å². The number of amides is 2. The van der Waals surface area contributed by atoms with E-state index in [1.54, 1.807) is 6.92 Å². The van der Waals surface area contributed by atoms with E-state index in [0.717, 1.165) is 26.1 Å². The Kier molecular flexibility index (Phi) is 5.55. The van der Waals surface area contributed by atoms with Crippen LogP contribution in [0.1, 0.15) is 31.7 Å². The first kappa shape index (κ1) is 16.5. The van der Waals surface area contributed by atoms with E-state index in [4.69, 9.17) is 5.73 Å². The number of hydrogen-bond acceptors (Lipinski definition) is 3. The summed E-state index contributed by atoms with van der Waals surface area (Å²) in [5.74, 6) is -0.534. The van der Waals surface area contributed by atoms with E-state index < -0.39 is 11.4 Å². The molecule has 1 heterocycles. The van der Waals surface area contributed by atoms with Crippen LogP contribution in [0.2, 0.25) is 0 Å². The van der Waals surface area contributed by atoms with E-state index in [9.17, 15) is 9.59 Å². The maximum atomic E-state index is 11.8. The molecule has 1 saturated heterocycles. The summed E-state index contributed by atoms with van der Waals surface area (Å²) in [6.45, 7) is 4.29. The molecular weight excluding hydrogens is 278 g/mol. The van der Waals surface area contributed by atoms with Crippen molar-refractivity contribution in [2.45, 2.75) is 38.1 Å². The van der Waals surface area contributed by atoms with Crippen molar-refractivity contribution in [1.82, 2.24) is 10.2 Å². The summed E-state index contributed by atoms with van der Waals surface area (Å²) in [5, 5.41) is 2.84. The number of nitrogens with two attached hydrogens (primary N) is 1. The summed E-state index contributed by atoms with van der Waals surface area (Å²) in [6, 6.07) is 10.4. The molecule has 0 aromatic heterocycles. The van der Waals surface area contributed by atoms with Gasteiger partial charge in [-0.05, 0) is 24.8 Å². The first-order chi connectivity index (χ1) is 10.6. The van der Waals surface area contributed by atoms with Gasteiger partial charge in [0.1, 0.15) is 5.54 Å². The van der Waals surface area contributed by atoms with Gasteiger partial charge < -0.3 is 16.0 Å². The lowest BCUT2D eigenvalue weighted by atomic mass is 9.86. The van der Waals surface area contributed by atoms with Crippen molar-refractivity contribution in [3.63, 3.8) is 0 Å². The summed E-state index contributed by atoms with van der Waals surface area (Å²) < 4.78 is 0. The van der Waals surface area contributed by atoms with Crippen molar-refractivity contribution in [1.29, 1.82) is 0 Å². The topological polar surface area (TPSA) is 75.4 Å². The second-order valence-electron chi connectivity index (χ2n) is 5.93. The van der Waals surface area contributed by atoms with Crippen LogP contribution in [0.25, 0.3) is 0 Å². The van der Waals surface area contributed by atoms with E-state index in [1.807, 2.05) is 18.2 Å². The fraction of sp³-hybridized carbons (Fsp3) is 0.529. The van der Waals surface area contributed by atoms with Gasteiger partial charge >= 0.3 is 0 Å². The minimum atomic E-state index is -0.865. The second kappa shape index (κ2) is 7.40. The van der Waals surface area contributed by atoms with Crippen LogP contribution < -0.4 is 11.1 Å². The fourth-order valence-electron chi connectivity index (χ4n) is 2.88. The zero-order valence-corrected chi connectivity index (χ0v) is 13.2. The maximum Gasteiger partial charge on any atom is 0.243 e. The minimum absolute atomic E-state index is 0.114. The number of rotatable bonds is 6. The number of nitrogens with zero attached hydrogens (tertiary/aromatic N) is 1. The molecule has 3 N–H and O–H groups in total. The Morgan fingerprint density at radius 1 is 1.23 bits per heavy atom. The highest BCUT2D eigenvalue weighted by Crippen LogP contribution is 2.22. The maximum absolute atomic E-state index is 11.8. The average molecular weight is 303 g/mol. The van der Waals surface area contributed by atoms with Gasteiger partial charge in [-0.1, -0.05) is 37.3 Å². The SMILES string of the molecule is CCC(=O)NC1(C(N)=O)CCN(CCc2ccccc2)CC1. The molecule has 1 aliphatic rings. The Bertz CT molecular complexity index is 508. The Balaban J connectivity index is 1.87. The van der Waals surface area contributed by atoms with Gasteiger partial charge in [0, 0.05) is 26.1 Å². The predicted molar refractivity (Wildman–Crippen MR) is 86.2 cm³/mol. The molecule has 0 saturated carbocycles. The Morgan fingerprint density at radius 3 is 2.41 bits per heavy atom. The molecule has 1 aromatic carbocycles. The summed E-state index contributed by atoms with van der Waals surface area (Å²) in [7, 11) is 0. The highest BCUT2D eigenvalue weighted by molar-refractivity contribution is 5.90. The van der Waals surface area contributed by atoms with E-state index in [-0.39, 0.29) is 5.91 Å². The van der Waals surface area contributed by atoms with Crippen molar-refractivity contribution < 1.29 is 9.59 Å². The molecule has 120 valence electrons. The molecule has 5 nitrogen and oxygen atoms in total. The predicted octanol–water partition coefficient (Wildman–Crippen LogP) is 1.08. The van der Waals surface area contributed by atoms with Crippen LogP contribution in [0, 0.1) is 0 Å². The van der Waals surface area contributed by atoms with Crippen LogP contribution in [0.3, 0.4) is 0 Å². The van der Waals surface area contributed by atoms with Gasteiger partial charge in [0.25, 0.3) is 0 Å². The van der Waals surface area contributed by atoms with Crippen molar-refractivity contribution >= 4 is 11.8 Å². The number of hydrogen-bond donors (Lipinski definition) is 2. The summed E-state index contributed by atoms with van der Waals surface area (Å²) >= 11 is 0. The third-order valence-corrected chi connectivity index (χ3v) is 4.44. The number of carbonyl (C=O) groups is 2. The van der Waals surface area contributed by atoms with Gasteiger partial charge in [-0.15, -0.1) is 0 Å². The van der Waals surface area contributed by atoms with Crippen LogP contribution in [-0.4, -0.2) is 41.9 Å². The number of benzene rings is 1. The number of carbonyl (C=O) groups excluding carboxylic acids is 2. The molecular formula is C17H25N3O2. The monoisotopic (exact) mass is 303 g/mol. The minimum Gasteiger partial charge on any atom is -0.368 e. The number of nitrogens with one attached hydrogen (secondary N) is 1. The zero-order valence-electron chi connectivity index (χ0n) is 13.2. The first-order valence-electron chi connectivity index (χ1n) is 7.93. The molecule has 5 heteroatoms. The lowest BCUT2D eigenvalue weighted by Gasteiger charge is -2.40. The molecule has 2 rings (SSSR count). The third-order valence-electron chi connectivity index (χ3n) is 4.44. The largest absolute Gasteiger partial charge is 0.368 e. The van der Waals surface area contributed by atoms with Crippen LogP contribution in [-0.2, 0) is 16.0 Å². The van der Waals surface area contributed by atoms with Crippen LogP contribution in [0.4, 0.5) is 0 Å². The van der Waals surface area contributed by atoms with Gasteiger partial charge in [-0.2, -0.15) is 0 Å². The number of piperidine rings is 1. The Labute approximate surface area is 131 Å². The molecule has 0 aliphatic carbocycles. The molecule has 1 aliphatic heterocycles. The van der Waals surface area contributed by atoms with Crippen molar-refractivity contribution in [2.24, 2.45) is 5.73 Å². The molecule has 0 atom stereocenters. The van der Waals surface area contributed by atoms with E-state index in [2.05, 4.69) is 22.3 Å². The van der Waals surface area contributed by atoms with Crippen molar-refractivity contribution in [3.8, 4) is 0 Å². The van der Waals surface area contributed by atoms with Crippen LogP contribution >= 0.6 is 0 Å². The molecule has 0 spiro atoms. The van der Waals surface area contributed by atoms with Crippen molar-refractivity contribution in [2.75, 3.05) is 19.6 Å². The summed E-state index contributed by atoms with van der Waals surface area (Å²) in [5.41, 5.74) is 5.99. The molecule has 0 bridgehead atoms. The molecule has 1 aromatic rings. The number of likely N-dealkylation sites (tertiary alicyclic amines) is 1. The van der Waals surface area contributed by atoms with Crippen LogP contribution in [0.5, 0.6) is 0 Å². The molecule has 1 fully saturated rings. The fourth-order valence-corrected chi connectivity index (χ4v) is 2.88. The lowest BCUT2D eigenvalue weighted by Crippen LogP contribution is -2.62. The molecule has 0 unspecified atom stereocenters. The first-order valence-corrected chi connectivity index (χ1v) is 7.93. The normalized spacial score (nSPS) is 17.9. The average Bonchev–Trinajstić information content (AvgIpc) is 2.55. The van der Waals surface area contributed by atoms with E-state index >= 15 is 0 Å². The summed E-state index contributed by atoms with van der Waals surface area (Å²) in [4.78, 5) is 25.8. The third kappa shape index (κ3) is 4.07. The highest BCUT2D eigenvalue weighted by Gasteiger charge is 2.40. The Morgan fingerprint density at radius 2 is 1.86 bits per heavy atom. The van der Waals surface area contributed by atoms with Gasteiger partial charge in [0.2, 0.25) is 11.8 Å². The second-order valence-corrected chi connectivity index (χ2v) is 5.93. The number of primary amides is 1. The summed E-state index contributed by atoms with van der Waals surface area (Å²) in [6.07, 6.45) is 2.53. The van der Waals surface area contributed by atoms with E-state index in [0.29, 0.717) is 19.3 Å². The highest BCUT2D eigenvalue weighted by atomic mass is 16.2. The van der Waals surface area contributed by atoms with Gasteiger partial charge in [0.05, 0.1) is 0 Å².